The molecular weight excluding hydrogens is 166 g/mol. The minimum Gasteiger partial charge on any atom is -0.369 e. The van der Waals surface area contributed by atoms with Gasteiger partial charge in [0.25, 0.3) is 0 Å². The molecule has 13 heavy (non-hydrogen) atoms. The highest BCUT2D eigenvalue weighted by Gasteiger charge is 2.02. The van der Waals surface area contributed by atoms with Crippen LogP contribution in [-0.2, 0) is 0 Å². The standard InChI is InChI=1S/C8H9N5/c1-6-4-13(8(9)12-6)7-2-10-5-11-3-7/h2-5H,1H3,(H2,9,12). The second kappa shape index (κ2) is 2.85. The molecule has 2 aromatic heterocycles. The van der Waals surface area contributed by atoms with E-state index in [9.17, 15) is 0 Å². The zero-order chi connectivity index (χ0) is 9.26. The molecule has 0 saturated heterocycles. The van der Waals surface area contributed by atoms with E-state index in [4.69, 9.17) is 5.73 Å². The Morgan fingerprint density at radius 3 is 2.54 bits per heavy atom. The van der Waals surface area contributed by atoms with Crippen LogP contribution in [-0.4, -0.2) is 19.5 Å². The molecule has 0 radical (unpaired) electrons. The predicted molar refractivity (Wildman–Crippen MR) is 48.3 cm³/mol. The molecule has 0 aliphatic rings. The second-order valence-electron chi connectivity index (χ2n) is 2.71. The average molecular weight is 175 g/mol. The lowest BCUT2D eigenvalue weighted by molar-refractivity contribution is 1.02. The molecule has 2 aromatic rings. The first kappa shape index (κ1) is 7.72. The maximum atomic E-state index is 5.67. The maximum Gasteiger partial charge on any atom is 0.205 e. The van der Waals surface area contributed by atoms with Crippen LogP contribution < -0.4 is 5.73 Å². The van der Waals surface area contributed by atoms with E-state index in [1.165, 1.54) is 6.33 Å². The maximum absolute atomic E-state index is 5.67. The molecule has 5 nitrogen and oxygen atoms in total. The summed E-state index contributed by atoms with van der Waals surface area (Å²) in [6.45, 7) is 1.89. The van der Waals surface area contributed by atoms with Gasteiger partial charge in [-0.2, -0.15) is 0 Å². The number of imidazole rings is 1. The summed E-state index contributed by atoms with van der Waals surface area (Å²) in [4.78, 5) is 11.9. The summed E-state index contributed by atoms with van der Waals surface area (Å²) in [5, 5.41) is 0. The quantitative estimate of drug-likeness (QED) is 0.687. The summed E-state index contributed by atoms with van der Waals surface area (Å²) in [5.74, 6) is 0.451. The molecule has 0 aliphatic carbocycles. The van der Waals surface area contributed by atoms with Gasteiger partial charge in [0.15, 0.2) is 0 Å². The van der Waals surface area contributed by atoms with Crippen molar-refractivity contribution in [3.63, 3.8) is 0 Å². The van der Waals surface area contributed by atoms with Gasteiger partial charge in [0.2, 0.25) is 5.95 Å². The highest BCUT2D eigenvalue weighted by Crippen LogP contribution is 2.10. The molecule has 2 rings (SSSR count). The summed E-state index contributed by atoms with van der Waals surface area (Å²) < 4.78 is 1.75. The average Bonchev–Trinajstić information content (AvgIpc) is 2.47. The highest BCUT2D eigenvalue weighted by molar-refractivity contribution is 5.36. The molecule has 0 aliphatic heterocycles. The van der Waals surface area contributed by atoms with Crippen LogP contribution in [0.2, 0.25) is 0 Å². The molecular formula is C8H9N5. The summed E-state index contributed by atoms with van der Waals surface area (Å²) in [6, 6.07) is 0. The minimum atomic E-state index is 0.451. The van der Waals surface area contributed by atoms with Crippen LogP contribution in [0.1, 0.15) is 5.69 Å². The van der Waals surface area contributed by atoms with Gasteiger partial charge in [-0.15, -0.1) is 0 Å². The van der Waals surface area contributed by atoms with Crippen molar-refractivity contribution in [2.45, 2.75) is 6.92 Å². The van der Waals surface area contributed by atoms with Crippen molar-refractivity contribution >= 4 is 5.95 Å². The SMILES string of the molecule is Cc1cn(-c2cncnc2)c(N)n1. The van der Waals surface area contributed by atoms with Crippen LogP contribution in [0.25, 0.3) is 5.69 Å². The summed E-state index contributed by atoms with van der Waals surface area (Å²) in [7, 11) is 0. The van der Waals surface area contributed by atoms with E-state index in [1.807, 2.05) is 13.1 Å². The Labute approximate surface area is 75.3 Å². The van der Waals surface area contributed by atoms with Crippen LogP contribution in [0.5, 0.6) is 0 Å². The fraction of sp³-hybridized carbons (Fsp3) is 0.125. The fourth-order valence-electron chi connectivity index (χ4n) is 1.14. The number of nitrogen functional groups attached to an aromatic ring is 1. The van der Waals surface area contributed by atoms with Gasteiger partial charge < -0.3 is 5.73 Å². The van der Waals surface area contributed by atoms with Gasteiger partial charge >= 0.3 is 0 Å². The second-order valence-corrected chi connectivity index (χ2v) is 2.71. The highest BCUT2D eigenvalue weighted by atomic mass is 15.2. The normalized spacial score (nSPS) is 10.2. The van der Waals surface area contributed by atoms with Gasteiger partial charge in [-0.1, -0.05) is 0 Å². The van der Waals surface area contributed by atoms with Crippen molar-refractivity contribution in [3.8, 4) is 5.69 Å². The molecule has 2 heterocycles. The molecule has 0 bridgehead atoms. The Morgan fingerprint density at radius 2 is 2.00 bits per heavy atom. The van der Waals surface area contributed by atoms with Crippen molar-refractivity contribution in [1.82, 2.24) is 19.5 Å². The van der Waals surface area contributed by atoms with Gasteiger partial charge in [-0.3, -0.25) is 4.57 Å². The number of hydrogen-bond donors (Lipinski definition) is 1. The lowest BCUT2D eigenvalue weighted by atomic mass is 10.5. The van der Waals surface area contributed by atoms with E-state index in [-0.39, 0.29) is 0 Å². The zero-order valence-electron chi connectivity index (χ0n) is 7.18. The molecule has 0 amide bonds. The van der Waals surface area contributed by atoms with Crippen molar-refractivity contribution in [2.24, 2.45) is 0 Å². The van der Waals surface area contributed by atoms with Gasteiger partial charge in [-0.05, 0) is 6.92 Å². The minimum absolute atomic E-state index is 0.451. The van der Waals surface area contributed by atoms with Gasteiger partial charge in [0, 0.05) is 6.20 Å². The molecule has 0 atom stereocenters. The molecule has 0 saturated carbocycles. The summed E-state index contributed by atoms with van der Waals surface area (Å²) in [5.41, 5.74) is 7.37. The van der Waals surface area contributed by atoms with Crippen molar-refractivity contribution in [1.29, 1.82) is 0 Å². The monoisotopic (exact) mass is 175 g/mol. The first-order chi connectivity index (χ1) is 6.27. The number of hydrogen-bond acceptors (Lipinski definition) is 4. The van der Waals surface area contributed by atoms with Crippen molar-refractivity contribution in [2.75, 3.05) is 5.73 Å². The molecule has 0 unspecified atom stereocenters. The lowest BCUT2D eigenvalue weighted by Crippen LogP contribution is -2.00. The van der Waals surface area contributed by atoms with E-state index < -0.39 is 0 Å². The van der Waals surface area contributed by atoms with Crippen molar-refractivity contribution in [3.05, 3.63) is 30.6 Å². The van der Waals surface area contributed by atoms with E-state index in [1.54, 1.807) is 17.0 Å². The Hall–Kier alpha value is -1.91. The number of anilines is 1. The lowest BCUT2D eigenvalue weighted by Gasteiger charge is -2.00. The Morgan fingerprint density at radius 1 is 1.31 bits per heavy atom. The Bertz CT molecular complexity index is 406. The zero-order valence-corrected chi connectivity index (χ0v) is 7.18. The third-order valence-corrected chi connectivity index (χ3v) is 1.68. The molecule has 0 spiro atoms. The van der Waals surface area contributed by atoms with E-state index in [2.05, 4.69) is 15.0 Å². The third kappa shape index (κ3) is 1.35. The van der Waals surface area contributed by atoms with Crippen LogP contribution in [0.3, 0.4) is 0 Å². The van der Waals surface area contributed by atoms with E-state index >= 15 is 0 Å². The third-order valence-electron chi connectivity index (χ3n) is 1.68. The number of nitrogens with zero attached hydrogens (tertiary/aromatic N) is 4. The molecule has 0 aromatic carbocycles. The van der Waals surface area contributed by atoms with Crippen LogP contribution in [0, 0.1) is 6.92 Å². The number of aromatic nitrogens is 4. The molecule has 66 valence electrons. The first-order valence-electron chi connectivity index (χ1n) is 3.84. The number of nitrogens with two attached hydrogens (primary N) is 1. The van der Waals surface area contributed by atoms with Crippen molar-refractivity contribution < 1.29 is 0 Å². The van der Waals surface area contributed by atoms with Gasteiger partial charge in [0.1, 0.15) is 6.33 Å². The summed E-state index contributed by atoms with van der Waals surface area (Å²) in [6.07, 6.45) is 6.69. The van der Waals surface area contributed by atoms with E-state index in [0.29, 0.717) is 5.95 Å². The number of rotatable bonds is 1. The number of aryl methyl sites for hydroxylation is 1. The van der Waals surface area contributed by atoms with Crippen LogP contribution >= 0.6 is 0 Å². The van der Waals surface area contributed by atoms with Gasteiger partial charge in [-0.25, -0.2) is 15.0 Å². The fourth-order valence-corrected chi connectivity index (χ4v) is 1.14. The Balaban J connectivity index is 2.53. The topological polar surface area (TPSA) is 69.6 Å². The van der Waals surface area contributed by atoms with Gasteiger partial charge in [0.05, 0.1) is 23.8 Å². The summed E-state index contributed by atoms with van der Waals surface area (Å²) >= 11 is 0. The largest absolute Gasteiger partial charge is 0.369 e. The smallest absolute Gasteiger partial charge is 0.205 e. The first-order valence-corrected chi connectivity index (χ1v) is 3.84. The van der Waals surface area contributed by atoms with Crippen LogP contribution in [0.4, 0.5) is 5.95 Å². The molecule has 2 N–H and O–H groups in total. The molecule has 5 heteroatoms. The predicted octanol–water partition coefficient (Wildman–Crippen LogP) is 0.553. The Kier molecular flexibility index (Phi) is 1.70. The van der Waals surface area contributed by atoms with E-state index in [0.717, 1.165) is 11.4 Å². The molecule has 0 fully saturated rings. The van der Waals surface area contributed by atoms with Crippen LogP contribution in [0.15, 0.2) is 24.9 Å².